The Labute approximate surface area is 210 Å². The van der Waals surface area contributed by atoms with E-state index in [2.05, 4.69) is 46.4 Å². The number of ether oxygens (including phenoxy) is 1. The molecule has 0 amide bonds. The van der Waals surface area contributed by atoms with Crippen molar-refractivity contribution in [3.05, 3.63) is 126 Å². The van der Waals surface area contributed by atoms with Crippen LogP contribution < -0.4 is 0 Å². The highest BCUT2D eigenvalue weighted by Gasteiger charge is 2.23. The van der Waals surface area contributed by atoms with E-state index in [1.165, 1.54) is 11.1 Å². The van der Waals surface area contributed by atoms with E-state index in [-0.39, 0.29) is 5.97 Å². The Hall–Kier alpha value is -4.38. The zero-order valence-electron chi connectivity index (χ0n) is 20.2. The van der Waals surface area contributed by atoms with Crippen LogP contribution in [0.3, 0.4) is 0 Å². The number of hydrogen-bond acceptors (Lipinski definition) is 5. The lowest BCUT2D eigenvalue weighted by Gasteiger charge is -2.17. The fourth-order valence-electron chi connectivity index (χ4n) is 4.59. The van der Waals surface area contributed by atoms with Crippen LogP contribution >= 0.6 is 0 Å². The first-order valence-electron chi connectivity index (χ1n) is 12.1. The molecule has 1 atom stereocenters. The number of carbonyl (C=O) groups is 1. The number of hydrogen-bond donors (Lipinski definition) is 0. The van der Waals surface area contributed by atoms with Gasteiger partial charge in [-0.2, -0.15) is 0 Å². The lowest BCUT2D eigenvalue weighted by molar-refractivity contribution is -0.144. The molecule has 3 heterocycles. The molecule has 5 heteroatoms. The van der Waals surface area contributed by atoms with Crippen LogP contribution in [0.15, 0.2) is 104 Å². The number of nitrogens with zero attached hydrogens (tertiary/aromatic N) is 3. The minimum atomic E-state index is -0.393. The van der Waals surface area contributed by atoms with Crippen LogP contribution in [0.25, 0.3) is 22.0 Å². The van der Waals surface area contributed by atoms with E-state index in [0.717, 1.165) is 39.6 Å². The fraction of sp³-hybridized carbons (Fsp3) is 0.161. The van der Waals surface area contributed by atoms with Gasteiger partial charge in [0, 0.05) is 41.9 Å². The molecule has 0 saturated heterocycles. The highest BCUT2D eigenvalue weighted by Crippen LogP contribution is 2.31. The van der Waals surface area contributed by atoms with Gasteiger partial charge in [0.2, 0.25) is 0 Å². The van der Waals surface area contributed by atoms with Gasteiger partial charge in [-0.1, -0.05) is 30.3 Å². The zero-order valence-corrected chi connectivity index (χ0v) is 20.2. The summed E-state index contributed by atoms with van der Waals surface area (Å²) in [5, 5.41) is 1.10. The highest BCUT2D eigenvalue weighted by atomic mass is 16.5. The largest absolute Gasteiger partial charge is 0.466 e. The second kappa shape index (κ2) is 10.9. The SMILES string of the molecule is CCOC(=O)C(Cc1cccc(-c2cc(Cc3ccncc3)cc3cccnc23)c1)c1ccncc1. The minimum Gasteiger partial charge on any atom is -0.466 e. The topological polar surface area (TPSA) is 65.0 Å². The van der Waals surface area contributed by atoms with Crippen LogP contribution in [-0.4, -0.2) is 27.5 Å². The predicted octanol–water partition coefficient (Wildman–Crippen LogP) is 6.17. The van der Waals surface area contributed by atoms with Gasteiger partial charge in [-0.15, -0.1) is 0 Å². The first kappa shape index (κ1) is 23.4. The number of carbonyl (C=O) groups excluding carboxylic acids is 1. The second-order valence-corrected chi connectivity index (χ2v) is 8.74. The maximum Gasteiger partial charge on any atom is 0.313 e. The Morgan fingerprint density at radius 1 is 0.806 bits per heavy atom. The van der Waals surface area contributed by atoms with E-state index in [1.54, 1.807) is 12.4 Å². The summed E-state index contributed by atoms with van der Waals surface area (Å²) in [5.41, 5.74) is 7.50. The van der Waals surface area contributed by atoms with Gasteiger partial charge in [0.15, 0.2) is 0 Å². The monoisotopic (exact) mass is 473 g/mol. The maximum absolute atomic E-state index is 12.8. The van der Waals surface area contributed by atoms with Crippen molar-refractivity contribution in [2.45, 2.75) is 25.7 Å². The van der Waals surface area contributed by atoms with E-state index in [4.69, 9.17) is 9.72 Å². The Kier molecular flexibility index (Phi) is 7.08. The van der Waals surface area contributed by atoms with Gasteiger partial charge >= 0.3 is 5.97 Å². The van der Waals surface area contributed by atoms with Gasteiger partial charge in [-0.3, -0.25) is 19.7 Å². The van der Waals surface area contributed by atoms with E-state index in [0.29, 0.717) is 13.0 Å². The Balaban J connectivity index is 1.52. The summed E-state index contributed by atoms with van der Waals surface area (Å²) in [6.07, 6.45) is 10.3. The second-order valence-electron chi connectivity index (χ2n) is 8.74. The predicted molar refractivity (Wildman–Crippen MR) is 142 cm³/mol. The van der Waals surface area contributed by atoms with Crippen molar-refractivity contribution >= 4 is 16.9 Å². The van der Waals surface area contributed by atoms with E-state index in [9.17, 15) is 4.79 Å². The van der Waals surface area contributed by atoms with Crippen LogP contribution in [0.4, 0.5) is 0 Å². The molecule has 1 unspecified atom stereocenters. The van der Waals surface area contributed by atoms with Crippen molar-refractivity contribution < 1.29 is 9.53 Å². The van der Waals surface area contributed by atoms with Crippen molar-refractivity contribution in [3.63, 3.8) is 0 Å². The molecule has 36 heavy (non-hydrogen) atoms. The molecule has 0 bridgehead atoms. The van der Waals surface area contributed by atoms with E-state index >= 15 is 0 Å². The molecule has 0 spiro atoms. The van der Waals surface area contributed by atoms with Crippen LogP contribution in [0.2, 0.25) is 0 Å². The minimum absolute atomic E-state index is 0.222. The zero-order chi connectivity index (χ0) is 24.7. The molecule has 0 radical (unpaired) electrons. The number of benzene rings is 2. The van der Waals surface area contributed by atoms with Crippen LogP contribution in [0, 0.1) is 0 Å². The van der Waals surface area contributed by atoms with Crippen molar-refractivity contribution in [1.82, 2.24) is 15.0 Å². The van der Waals surface area contributed by atoms with Gasteiger partial charge < -0.3 is 4.74 Å². The number of rotatable bonds is 8. The van der Waals surface area contributed by atoms with Gasteiger partial charge in [-0.25, -0.2) is 0 Å². The number of aromatic nitrogens is 3. The molecule has 5 nitrogen and oxygen atoms in total. The van der Waals surface area contributed by atoms with Crippen LogP contribution in [0.1, 0.15) is 35.1 Å². The smallest absolute Gasteiger partial charge is 0.313 e. The van der Waals surface area contributed by atoms with Crippen molar-refractivity contribution in [3.8, 4) is 11.1 Å². The fourth-order valence-corrected chi connectivity index (χ4v) is 4.59. The van der Waals surface area contributed by atoms with E-state index < -0.39 is 5.92 Å². The first-order chi connectivity index (χ1) is 17.7. The Morgan fingerprint density at radius 3 is 2.36 bits per heavy atom. The van der Waals surface area contributed by atoms with Gasteiger partial charge in [0.1, 0.15) is 0 Å². The standard InChI is InChI=1S/C31H27N3O2/c1-2-36-31(35)29(25-10-15-33-16-11-25)20-23-5-3-6-26(18-23)28-21-24(17-22-8-13-32-14-9-22)19-27-7-4-12-34-30(27)28/h3-16,18-19,21,29H,2,17,20H2,1H3. The van der Waals surface area contributed by atoms with Crippen molar-refractivity contribution in [1.29, 1.82) is 0 Å². The Bertz CT molecular complexity index is 1470. The third kappa shape index (κ3) is 5.31. The van der Waals surface area contributed by atoms with Crippen molar-refractivity contribution in [2.24, 2.45) is 0 Å². The molecule has 0 saturated carbocycles. The summed E-state index contributed by atoms with van der Waals surface area (Å²) in [5.74, 6) is -0.614. The normalized spacial score (nSPS) is 11.8. The lowest BCUT2D eigenvalue weighted by Crippen LogP contribution is -2.18. The molecule has 0 aliphatic rings. The average molecular weight is 474 g/mol. The van der Waals surface area contributed by atoms with Gasteiger partial charge in [0.05, 0.1) is 18.0 Å². The Morgan fingerprint density at radius 2 is 1.58 bits per heavy atom. The third-order valence-electron chi connectivity index (χ3n) is 6.28. The summed E-state index contributed by atoms with van der Waals surface area (Å²) < 4.78 is 5.40. The number of fused-ring (bicyclic) bond motifs is 1. The lowest BCUT2D eigenvalue weighted by atomic mass is 9.90. The van der Waals surface area contributed by atoms with Crippen LogP contribution in [-0.2, 0) is 22.4 Å². The van der Waals surface area contributed by atoms with Gasteiger partial charge in [0.25, 0.3) is 0 Å². The molecule has 0 aliphatic carbocycles. The molecule has 2 aromatic carbocycles. The summed E-state index contributed by atoms with van der Waals surface area (Å²) in [7, 11) is 0. The highest BCUT2D eigenvalue weighted by molar-refractivity contribution is 5.94. The molecule has 5 rings (SSSR count). The molecular weight excluding hydrogens is 446 g/mol. The number of pyridine rings is 3. The molecular formula is C31H27N3O2. The van der Waals surface area contributed by atoms with Gasteiger partial charge in [-0.05, 0) is 90.0 Å². The summed E-state index contributed by atoms with van der Waals surface area (Å²) in [6.45, 7) is 2.18. The average Bonchev–Trinajstić information content (AvgIpc) is 2.92. The molecule has 0 fully saturated rings. The summed E-state index contributed by atoms with van der Waals surface area (Å²) in [4.78, 5) is 25.8. The first-order valence-corrected chi connectivity index (χ1v) is 12.1. The molecule has 3 aromatic heterocycles. The summed E-state index contributed by atoms with van der Waals surface area (Å²) in [6, 6.07) is 24.7. The third-order valence-corrected chi connectivity index (χ3v) is 6.28. The molecule has 0 N–H and O–H groups in total. The molecule has 178 valence electrons. The van der Waals surface area contributed by atoms with E-state index in [1.807, 2.05) is 61.9 Å². The number of esters is 1. The molecule has 0 aliphatic heterocycles. The quantitative estimate of drug-likeness (QED) is 0.252. The summed E-state index contributed by atoms with van der Waals surface area (Å²) >= 11 is 0. The maximum atomic E-state index is 12.8. The van der Waals surface area contributed by atoms with Crippen molar-refractivity contribution in [2.75, 3.05) is 6.61 Å². The van der Waals surface area contributed by atoms with Crippen LogP contribution in [0.5, 0.6) is 0 Å². The molecule has 5 aromatic rings.